The highest BCUT2D eigenvalue weighted by Crippen LogP contribution is 2.36. The summed E-state index contributed by atoms with van der Waals surface area (Å²) in [7, 11) is 0. The maximum Gasteiger partial charge on any atom is 0.435 e. The van der Waals surface area contributed by atoms with Crippen molar-refractivity contribution in [1.29, 1.82) is 0 Å². The van der Waals surface area contributed by atoms with Crippen molar-refractivity contribution in [2.75, 3.05) is 0 Å². The predicted octanol–water partition coefficient (Wildman–Crippen LogP) is 3.37. The second-order valence-electron chi connectivity index (χ2n) is 3.34. The minimum Gasteiger partial charge on any atom is -0.477 e. The molecule has 0 radical (unpaired) electrons. The molecule has 0 bridgehead atoms. The second kappa shape index (κ2) is 4.40. The molecule has 0 aliphatic carbocycles. The van der Waals surface area contributed by atoms with E-state index in [0.29, 0.717) is 17.8 Å². The zero-order valence-corrected chi connectivity index (χ0v) is 9.45. The van der Waals surface area contributed by atoms with Crippen molar-refractivity contribution >= 4 is 17.3 Å². The van der Waals surface area contributed by atoms with E-state index in [1.165, 1.54) is 0 Å². The van der Waals surface area contributed by atoms with Crippen LogP contribution in [0.1, 0.15) is 46.6 Å². The van der Waals surface area contributed by atoms with Crippen LogP contribution in [0.4, 0.5) is 13.2 Å². The molecule has 0 saturated heterocycles. The van der Waals surface area contributed by atoms with Gasteiger partial charge in [0.25, 0.3) is 0 Å². The first kappa shape index (κ1) is 13.0. The smallest absolute Gasteiger partial charge is 0.435 e. The fourth-order valence-corrected chi connectivity index (χ4v) is 2.12. The van der Waals surface area contributed by atoms with Gasteiger partial charge in [-0.1, -0.05) is 13.8 Å². The second-order valence-corrected chi connectivity index (χ2v) is 4.37. The third-order valence-electron chi connectivity index (χ3n) is 2.14. The lowest BCUT2D eigenvalue weighted by molar-refractivity contribution is -0.141. The number of halogens is 3. The van der Waals surface area contributed by atoms with E-state index in [4.69, 9.17) is 5.11 Å². The Morgan fingerprint density at radius 3 is 2.44 bits per heavy atom. The highest BCUT2D eigenvalue weighted by atomic mass is 32.1. The van der Waals surface area contributed by atoms with E-state index in [-0.39, 0.29) is 10.9 Å². The topological polar surface area (TPSA) is 50.2 Å². The van der Waals surface area contributed by atoms with E-state index in [9.17, 15) is 18.0 Å². The van der Waals surface area contributed by atoms with Crippen molar-refractivity contribution in [3.63, 3.8) is 0 Å². The van der Waals surface area contributed by atoms with Crippen molar-refractivity contribution in [1.82, 2.24) is 4.98 Å². The molecule has 1 N–H and O–H groups in total. The highest BCUT2D eigenvalue weighted by molar-refractivity contribution is 7.13. The van der Waals surface area contributed by atoms with Gasteiger partial charge in [-0.15, -0.1) is 11.3 Å². The number of nitrogens with zero attached hydrogens (tertiary/aromatic N) is 1. The van der Waals surface area contributed by atoms with Gasteiger partial charge in [0.2, 0.25) is 0 Å². The van der Waals surface area contributed by atoms with E-state index >= 15 is 0 Å². The molecule has 16 heavy (non-hydrogen) atoms. The number of thiazole rings is 1. The average molecular weight is 253 g/mol. The molecule has 1 heterocycles. The van der Waals surface area contributed by atoms with Crippen LogP contribution in [0.15, 0.2) is 0 Å². The molecule has 7 heteroatoms. The SMILES string of the molecule is CCC(C)c1nc(C(F)(F)F)c(C(=O)O)s1. The number of rotatable bonds is 3. The van der Waals surface area contributed by atoms with Gasteiger partial charge in [-0.3, -0.25) is 0 Å². The summed E-state index contributed by atoms with van der Waals surface area (Å²) in [5.74, 6) is -1.75. The zero-order chi connectivity index (χ0) is 12.5. The van der Waals surface area contributed by atoms with Gasteiger partial charge >= 0.3 is 12.1 Å². The number of carbonyl (C=O) groups is 1. The quantitative estimate of drug-likeness (QED) is 0.898. The summed E-state index contributed by atoms with van der Waals surface area (Å²) in [4.78, 5) is 13.3. The van der Waals surface area contributed by atoms with Gasteiger partial charge in [0.15, 0.2) is 5.69 Å². The molecule has 1 aromatic rings. The van der Waals surface area contributed by atoms with E-state index < -0.39 is 22.7 Å². The summed E-state index contributed by atoms with van der Waals surface area (Å²) >= 11 is 0.597. The number of hydrogen-bond donors (Lipinski definition) is 1. The van der Waals surface area contributed by atoms with E-state index in [2.05, 4.69) is 4.98 Å². The summed E-state index contributed by atoms with van der Waals surface area (Å²) in [6, 6.07) is 0. The Kier molecular flexibility index (Phi) is 3.57. The Labute approximate surface area is 93.9 Å². The first-order valence-electron chi connectivity index (χ1n) is 4.58. The molecule has 0 saturated carbocycles. The van der Waals surface area contributed by atoms with E-state index in [1.807, 2.05) is 0 Å². The monoisotopic (exact) mass is 253 g/mol. The maximum atomic E-state index is 12.5. The number of carboxylic acids is 1. The first-order chi connectivity index (χ1) is 7.27. The minimum absolute atomic E-state index is 0.167. The first-order valence-corrected chi connectivity index (χ1v) is 5.40. The predicted molar refractivity (Wildman–Crippen MR) is 52.8 cm³/mol. The third-order valence-corrected chi connectivity index (χ3v) is 3.42. The largest absolute Gasteiger partial charge is 0.477 e. The minimum atomic E-state index is -4.71. The lowest BCUT2D eigenvalue weighted by atomic mass is 10.1. The van der Waals surface area contributed by atoms with Gasteiger partial charge in [0.1, 0.15) is 4.88 Å². The standard InChI is InChI=1S/C9H10F3NO2S/c1-3-4(2)7-13-6(9(10,11)12)5(16-7)8(14)15/h4H,3H2,1-2H3,(H,14,15). The number of aromatic nitrogens is 1. The molecule has 0 spiro atoms. The molecule has 1 unspecified atom stereocenters. The number of carboxylic acid groups (broad SMARTS) is 1. The molecule has 1 atom stereocenters. The summed E-state index contributed by atoms with van der Waals surface area (Å²) in [5.41, 5.74) is -1.29. The van der Waals surface area contributed by atoms with Crippen molar-refractivity contribution in [2.45, 2.75) is 32.4 Å². The summed E-state index contributed by atoms with van der Waals surface area (Å²) in [6.45, 7) is 3.52. The fourth-order valence-electron chi connectivity index (χ4n) is 1.06. The lowest BCUT2D eigenvalue weighted by Gasteiger charge is -2.03. The van der Waals surface area contributed by atoms with Crippen LogP contribution in [0.25, 0.3) is 0 Å². The van der Waals surface area contributed by atoms with Crippen molar-refractivity contribution < 1.29 is 23.1 Å². The van der Waals surface area contributed by atoms with Gasteiger partial charge in [-0.25, -0.2) is 9.78 Å². The Morgan fingerprint density at radius 1 is 1.56 bits per heavy atom. The molecule has 0 aromatic carbocycles. The van der Waals surface area contributed by atoms with Crippen molar-refractivity contribution in [3.05, 3.63) is 15.6 Å². The molecule has 3 nitrogen and oxygen atoms in total. The maximum absolute atomic E-state index is 12.5. The molecule has 0 fully saturated rings. The molecular formula is C9H10F3NO2S. The average Bonchev–Trinajstić information content (AvgIpc) is 2.60. The Balaban J connectivity index is 3.26. The number of hydrogen-bond acceptors (Lipinski definition) is 3. The van der Waals surface area contributed by atoms with E-state index in [0.717, 1.165) is 0 Å². The van der Waals surface area contributed by atoms with Crippen LogP contribution >= 0.6 is 11.3 Å². The third kappa shape index (κ3) is 2.52. The molecule has 1 aromatic heterocycles. The molecular weight excluding hydrogens is 243 g/mol. The van der Waals surface area contributed by atoms with Gasteiger partial charge in [0.05, 0.1) is 5.01 Å². The molecule has 90 valence electrons. The fraction of sp³-hybridized carbons (Fsp3) is 0.556. The molecule has 0 aliphatic rings. The lowest BCUT2D eigenvalue weighted by Crippen LogP contribution is -2.11. The van der Waals surface area contributed by atoms with Crippen LogP contribution in [0, 0.1) is 0 Å². The zero-order valence-electron chi connectivity index (χ0n) is 8.63. The molecule has 0 amide bonds. The highest BCUT2D eigenvalue weighted by Gasteiger charge is 2.40. The molecule has 0 aliphatic heterocycles. The normalized spacial score (nSPS) is 13.8. The van der Waals surface area contributed by atoms with E-state index in [1.54, 1.807) is 13.8 Å². The Bertz CT molecular complexity index is 400. The number of alkyl halides is 3. The van der Waals surface area contributed by atoms with Crippen molar-refractivity contribution in [3.8, 4) is 0 Å². The van der Waals surface area contributed by atoms with Gasteiger partial charge in [-0.2, -0.15) is 13.2 Å². The van der Waals surface area contributed by atoms with Crippen molar-refractivity contribution in [2.24, 2.45) is 0 Å². The van der Waals surface area contributed by atoms with Crippen LogP contribution in [0.2, 0.25) is 0 Å². The summed E-state index contributed by atoms with van der Waals surface area (Å²) in [6.07, 6.45) is -4.10. The summed E-state index contributed by atoms with van der Waals surface area (Å²) in [5, 5.41) is 8.88. The summed E-state index contributed by atoms with van der Waals surface area (Å²) < 4.78 is 37.4. The molecule has 1 rings (SSSR count). The Morgan fingerprint density at radius 2 is 2.12 bits per heavy atom. The van der Waals surface area contributed by atoms with Gasteiger partial charge < -0.3 is 5.11 Å². The van der Waals surface area contributed by atoms with Crippen LogP contribution in [0.3, 0.4) is 0 Å². The number of aromatic carboxylic acids is 1. The van der Waals surface area contributed by atoms with Crippen LogP contribution in [-0.4, -0.2) is 16.1 Å². The van der Waals surface area contributed by atoms with Crippen LogP contribution < -0.4 is 0 Å². The Hall–Kier alpha value is -1.11. The van der Waals surface area contributed by atoms with Gasteiger partial charge in [0, 0.05) is 5.92 Å². The van der Waals surface area contributed by atoms with Crippen LogP contribution in [-0.2, 0) is 6.18 Å². The van der Waals surface area contributed by atoms with Crippen LogP contribution in [0.5, 0.6) is 0 Å². The van der Waals surface area contributed by atoms with Gasteiger partial charge in [-0.05, 0) is 6.42 Å².